The van der Waals surface area contributed by atoms with Crippen LogP contribution in [-0.4, -0.2) is 45.9 Å². The molecule has 1 amide bonds. The minimum Gasteiger partial charge on any atom is -0.354 e. The van der Waals surface area contributed by atoms with Gasteiger partial charge in [-0.05, 0) is 55.5 Å². The number of rotatable bonds is 9. The van der Waals surface area contributed by atoms with Gasteiger partial charge in [0.25, 0.3) is 5.91 Å². The fraction of sp³-hybridized carbons (Fsp3) is 0.304. The van der Waals surface area contributed by atoms with Gasteiger partial charge in [-0.2, -0.15) is 0 Å². The van der Waals surface area contributed by atoms with Crippen molar-refractivity contribution in [2.45, 2.75) is 26.2 Å². The molecule has 2 aromatic heterocycles. The molecule has 6 heteroatoms. The van der Waals surface area contributed by atoms with Gasteiger partial charge >= 0.3 is 0 Å². The van der Waals surface area contributed by atoms with Crippen LogP contribution in [-0.2, 0) is 12.8 Å². The average molecular weight is 390 g/mol. The molecule has 0 bridgehead atoms. The van der Waals surface area contributed by atoms with Crippen molar-refractivity contribution in [3.05, 3.63) is 83.4 Å². The van der Waals surface area contributed by atoms with Gasteiger partial charge in [0.2, 0.25) is 5.95 Å². The summed E-state index contributed by atoms with van der Waals surface area (Å²) in [5, 5.41) is 3.25. The van der Waals surface area contributed by atoms with Crippen LogP contribution in [0.15, 0.2) is 60.9 Å². The highest BCUT2D eigenvalue weighted by Crippen LogP contribution is 2.09. The molecule has 0 unspecified atom stereocenters. The zero-order valence-corrected chi connectivity index (χ0v) is 17.0. The Balaban J connectivity index is 1.53. The molecule has 3 aromatic rings. The van der Waals surface area contributed by atoms with Crippen molar-refractivity contribution in [2.24, 2.45) is 0 Å². The molecule has 6 nitrogen and oxygen atoms in total. The number of carbonyl (C=O) groups excluding carboxylic acids is 1. The Morgan fingerprint density at radius 3 is 2.48 bits per heavy atom. The smallest absolute Gasteiger partial charge is 0.272 e. The van der Waals surface area contributed by atoms with Gasteiger partial charge < -0.3 is 10.2 Å². The molecule has 1 N–H and O–H groups in total. The van der Waals surface area contributed by atoms with E-state index in [-0.39, 0.29) is 5.91 Å². The standard InChI is InChI=1S/C23H27N5O/c1-18-17-21(22(29)28(2)16-12-20-10-14-24-15-11-20)27-23(26-18)25-13-6-9-19-7-4-3-5-8-19/h3-5,7-8,10-11,14-15,17H,6,9,12-13,16H2,1-2H3,(H,25,26,27). The number of amides is 1. The van der Waals surface area contributed by atoms with Crippen molar-refractivity contribution in [1.29, 1.82) is 0 Å². The van der Waals surface area contributed by atoms with Crippen LogP contribution in [0.4, 0.5) is 5.95 Å². The molecular weight excluding hydrogens is 362 g/mol. The van der Waals surface area contributed by atoms with Crippen molar-refractivity contribution in [1.82, 2.24) is 19.9 Å². The quantitative estimate of drug-likeness (QED) is 0.567. The van der Waals surface area contributed by atoms with E-state index in [1.54, 1.807) is 30.4 Å². The van der Waals surface area contributed by atoms with Crippen LogP contribution in [0, 0.1) is 6.92 Å². The van der Waals surface area contributed by atoms with E-state index in [4.69, 9.17) is 0 Å². The molecule has 150 valence electrons. The maximum atomic E-state index is 12.8. The van der Waals surface area contributed by atoms with Gasteiger partial charge in [0.1, 0.15) is 5.69 Å². The van der Waals surface area contributed by atoms with Gasteiger partial charge in [0, 0.05) is 38.2 Å². The predicted octanol–water partition coefficient (Wildman–Crippen LogP) is 3.54. The number of pyridine rings is 1. The molecule has 0 atom stereocenters. The number of carbonyl (C=O) groups is 1. The summed E-state index contributed by atoms with van der Waals surface area (Å²) in [7, 11) is 1.80. The molecule has 29 heavy (non-hydrogen) atoms. The Kier molecular flexibility index (Phi) is 7.28. The van der Waals surface area contributed by atoms with E-state index in [0.717, 1.165) is 37.1 Å². The molecule has 0 spiro atoms. The number of aromatic nitrogens is 3. The van der Waals surface area contributed by atoms with E-state index < -0.39 is 0 Å². The third-order valence-electron chi connectivity index (χ3n) is 4.67. The SMILES string of the molecule is Cc1cc(C(=O)N(C)CCc2ccncc2)nc(NCCCc2ccccc2)n1. The predicted molar refractivity (Wildman–Crippen MR) is 115 cm³/mol. The van der Waals surface area contributed by atoms with Crippen LogP contribution in [0.2, 0.25) is 0 Å². The van der Waals surface area contributed by atoms with Crippen LogP contribution in [0.25, 0.3) is 0 Å². The summed E-state index contributed by atoms with van der Waals surface area (Å²) >= 11 is 0. The van der Waals surface area contributed by atoms with E-state index in [0.29, 0.717) is 18.2 Å². The number of nitrogens with zero attached hydrogens (tertiary/aromatic N) is 4. The number of nitrogens with one attached hydrogen (secondary N) is 1. The van der Waals surface area contributed by atoms with E-state index in [9.17, 15) is 4.79 Å². The number of hydrogen-bond donors (Lipinski definition) is 1. The highest BCUT2D eigenvalue weighted by atomic mass is 16.2. The van der Waals surface area contributed by atoms with Crippen molar-refractivity contribution in [3.8, 4) is 0 Å². The first-order chi connectivity index (χ1) is 14.1. The summed E-state index contributed by atoms with van der Waals surface area (Å²) in [6, 6.07) is 16.0. The van der Waals surface area contributed by atoms with Crippen molar-refractivity contribution in [2.75, 3.05) is 25.5 Å². The van der Waals surface area contributed by atoms with Crippen molar-refractivity contribution >= 4 is 11.9 Å². The third-order valence-corrected chi connectivity index (χ3v) is 4.67. The van der Waals surface area contributed by atoms with Gasteiger partial charge in [-0.25, -0.2) is 9.97 Å². The normalized spacial score (nSPS) is 10.6. The highest BCUT2D eigenvalue weighted by Gasteiger charge is 2.15. The second-order valence-corrected chi connectivity index (χ2v) is 7.07. The molecule has 0 fully saturated rings. The summed E-state index contributed by atoms with van der Waals surface area (Å²) in [5.74, 6) is 0.404. The summed E-state index contributed by atoms with van der Waals surface area (Å²) in [6.07, 6.45) is 6.26. The third kappa shape index (κ3) is 6.38. The lowest BCUT2D eigenvalue weighted by molar-refractivity contribution is 0.0790. The highest BCUT2D eigenvalue weighted by molar-refractivity contribution is 5.92. The average Bonchev–Trinajstić information content (AvgIpc) is 2.75. The molecule has 0 aliphatic rings. The number of likely N-dealkylation sites (N-methyl/N-ethyl adjacent to an activating group) is 1. The first-order valence-electron chi connectivity index (χ1n) is 9.89. The van der Waals surface area contributed by atoms with Gasteiger partial charge in [-0.15, -0.1) is 0 Å². The topological polar surface area (TPSA) is 71.0 Å². The number of aryl methyl sites for hydroxylation is 2. The summed E-state index contributed by atoms with van der Waals surface area (Å²) in [6.45, 7) is 3.25. The lowest BCUT2D eigenvalue weighted by Gasteiger charge is -2.17. The lowest BCUT2D eigenvalue weighted by Crippen LogP contribution is -2.30. The van der Waals surface area contributed by atoms with E-state index in [1.807, 2.05) is 25.1 Å². The fourth-order valence-electron chi connectivity index (χ4n) is 3.04. The Morgan fingerprint density at radius 1 is 1.00 bits per heavy atom. The van der Waals surface area contributed by atoms with Crippen LogP contribution in [0.5, 0.6) is 0 Å². The lowest BCUT2D eigenvalue weighted by atomic mass is 10.1. The van der Waals surface area contributed by atoms with Gasteiger partial charge in [0.05, 0.1) is 0 Å². The van der Waals surface area contributed by atoms with Gasteiger partial charge in [-0.3, -0.25) is 9.78 Å². The molecular formula is C23H27N5O. The maximum absolute atomic E-state index is 12.8. The monoisotopic (exact) mass is 389 g/mol. The minimum absolute atomic E-state index is 0.100. The molecule has 0 radical (unpaired) electrons. The minimum atomic E-state index is -0.100. The van der Waals surface area contributed by atoms with Gasteiger partial charge in [-0.1, -0.05) is 30.3 Å². The summed E-state index contributed by atoms with van der Waals surface area (Å²) in [4.78, 5) is 27.3. The molecule has 0 saturated heterocycles. The molecule has 2 heterocycles. The number of benzene rings is 1. The zero-order valence-electron chi connectivity index (χ0n) is 17.0. The Labute approximate surface area is 172 Å². The first-order valence-corrected chi connectivity index (χ1v) is 9.89. The maximum Gasteiger partial charge on any atom is 0.272 e. The Morgan fingerprint density at radius 2 is 1.72 bits per heavy atom. The van der Waals surface area contributed by atoms with E-state index >= 15 is 0 Å². The number of hydrogen-bond acceptors (Lipinski definition) is 5. The molecule has 0 aliphatic carbocycles. The summed E-state index contributed by atoms with van der Waals surface area (Å²) < 4.78 is 0. The van der Waals surface area contributed by atoms with Crippen molar-refractivity contribution in [3.63, 3.8) is 0 Å². The zero-order chi connectivity index (χ0) is 20.5. The Bertz CT molecular complexity index is 915. The second kappa shape index (κ2) is 10.3. The molecule has 0 saturated carbocycles. The number of anilines is 1. The first kappa shape index (κ1) is 20.5. The second-order valence-electron chi connectivity index (χ2n) is 7.07. The fourth-order valence-corrected chi connectivity index (χ4v) is 3.04. The molecule has 3 rings (SSSR count). The molecule has 1 aromatic carbocycles. The van der Waals surface area contributed by atoms with Crippen LogP contribution in [0.1, 0.15) is 33.7 Å². The summed E-state index contributed by atoms with van der Waals surface area (Å²) in [5.41, 5.74) is 3.65. The van der Waals surface area contributed by atoms with Crippen molar-refractivity contribution < 1.29 is 4.79 Å². The van der Waals surface area contributed by atoms with E-state index in [2.05, 4.69) is 44.5 Å². The van der Waals surface area contributed by atoms with E-state index in [1.165, 1.54) is 5.56 Å². The van der Waals surface area contributed by atoms with Crippen LogP contribution >= 0.6 is 0 Å². The Hall–Kier alpha value is -3.28. The van der Waals surface area contributed by atoms with Crippen LogP contribution in [0.3, 0.4) is 0 Å². The van der Waals surface area contributed by atoms with Gasteiger partial charge in [0.15, 0.2) is 0 Å². The van der Waals surface area contributed by atoms with Crippen LogP contribution < -0.4 is 5.32 Å². The molecule has 0 aliphatic heterocycles. The largest absolute Gasteiger partial charge is 0.354 e.